The maximum absolute atomic E-state index is 11.9. The lowest BCUT2D eigenvalue weighted by molar-refractivity contribution is -0.123. The number of carbonyl (C=O) groups excluding carboxylic acids is 2. The summed E-state index contributed by atoms with van der Waals surface area (Å²) in [5.41, 5.74) is 5.89. The molecule has 0 bridgehead atoms. The van der Waals surface area contributed by atoms with Gasteiger partial charge in [0, 0.05) is 7.05 Å². The van der Waals surface area contributed by atoms with Gasteiger partial charge in [0.2, 0.25) is 5.91 Å². The van der Waals surface area contributed by atoms with Crippen LogP contribution >= 0.6 is 0 Å². The van der Waals surface area contributed by atoms with E-state index in [-0.39, 0.29) is 23.2 Å². The van der Waals surface area contributed by atoms with Crippen molar-refractivity contribution in [2.75, 3.05) is 7.05 Å². The maximum Gasteiger partial charge on any atom is 0.333 e. The van der Waals surface area contributed by atoms with Crippen molar-refractivity contribution in [2.45, 2.75) is 27.7 Å². The summed E-state index contributed by atoms with van der Waals surface area (Å²) >= 11 is 0. The summed E-state index contributed by atoms with van der Waals surface area (Å²) in [4.78, 5) is 22.8. The molecule has 0 aromatic carbocycles. The van der Waals surface area contributed by atoms with Crippen LogP contribution in [0, 0.1) is 17.3 Å². The van der Waals surface area contributed by atoms with E-state index in [0.29, 0.717) is 0 Å². The fraction of sp³-hybridized carbons (Fsp3) is 0.667. The van der Waals surface area contributed by atoms with Gasteiger partial charge in [0.15, 0.2) is 0 Å². The summed E-state index contributed by atoms with van der Waals surface area (Å²) < 4.78 is 0. The number of carbonyl (C=O) groups is 2. The number of amides is 3. The largest absolute Gasteiger partial charge is 0.340 e. The van der Waals surface area contributed by atoms with Crippen molar-refractivity contribution in [1.82, 2.24) is 16.2 Å². The lowest BCUT2D eigenvalue weighted by Gasteiger charge is -2.06. The van der Waals surface area contributed by atoms with Crippen molar-refractivity contribution in [2.24, 2.45) is 17.3 Å². The molecule has 0 heterocycles. The Morgan fingerprint density at radius 3 is 2.24 bits per heavy atom. The molecule has 1 aliphatic rings. The average molecular weight is 239 g/mol. The molecule has 1 rings (SSSR count). The third-order valence-corrected chi connectivity index (χ3v) is 3.23. The van der Waals surface area contributed by atoms with Gasteiger partial charge in [-0.2, -0.15) is 0 Å². The van der Waals surface area contributed by atoms with Crippen LogP contribution in [0.25, 0.3) is 0 Å². The summed E-state index contributed by atoms with van der Waals surface area (Å²) in [7, 11) is 1.49. The third kappa shape index (κ3) is 2.99. The van der Waals surface area contributed by atoms with E-state index in [1.54, 1.807) is 0 Å². The molecule has 0 saturated heterocycles. The fourth-order valence-electron chi connectivity index (χ4n) is 2.11. The number of rotatable bonds is 2. The van der Waals surface area contributed by atoms with E-state index in [1.165, 1.54) is 12.6 Å². The Labute approximate surface area is 102 Å². The van der Waals surface area contributed by atoms with E-state index in [4.69, 9.17) is 0 Å². The number of hydrogen-bond donors (Lipinski definition) is 3. The molecule has 0 aromatic rings. The van der Waals surface area contributed by atoms with E-state index in [0.717, 1.165) is 0 Å². The number of allylic oxidation sites excluding steroid dienone is 2. The highest BCUT2D eigenvalue weighted by molar-refractivity contribution is 5.86. The Hall–Kier alpha value is -1.52. The third-order valence-electron chi connectivity index (χ3n) is 3.23. The molecule has 0 unspecified atom stereocenters. The predicted molar refractivity (Wildman–Crippen MR) is 65.9 cm³/mol. The van der Waals surface area contributed by atoms with Crippen molar-refractivity contribution in [3.05, 3.63) is 11.6 Å². The molecule has 1 saturated carbocycles. The van der Waals surface area contributed by atoms with E-state index in [2.05, 4.69) is 36.1 Å². The Balaban J connectivity index is 2.54. The zero-order chi connectivity index (χ0) is 13.2. The topological polar surface area (TPSA) is 70.2 Å². The summed E-state index contributed by atoms with van der Waals surface area (Å²) in [6, 6.07) is -0.421. The van der Waals surface area contributed by atoms with Gasteiger partial charge in [0.1, 0.15) is 0 Å². The number of hydrazine groups is 1. The van der Waals surface area contributed by atoms with Crippen molar-refractivity contribution >= 4 is 11.9 Å². The molecule has 1 aliphatic carbocycles. The van der Waals surface area contributed by atoms with Gasteiger partial charge in [0.05, 0.1) is 5.92 Å². The van der Waals surface area contributed by atoms with E-state index in [1.807, 2.05) is 13.8 Å². The molecule has 1 fully saturated rings. The molecule has 2 atom stereocenters. The Kier molecular flexibility index (Phi) is 3.80. The van der Waals surface area contributed by atoms with E-state index >= 15 is 0 Å². The quantitative estimate of drug-likeness (QED) is 0.500. The standard InChI is InChI=1S/C12H21N3O2/c1-7(2)6-8-9(12(8,3)4)10(16)14-15-11(17)13-5/h6,8-9H,1-5H3,(H,14,16)(H2,13,15,17)/t8-,9-/m0/s1. The van der Waals surface area contributed by atoms with Crippen LogP contribution in [0.15, 0.2) is 11.6 Å². The second kappa shape index (κ2) is 4.77. The molecule has 96 valence electrons. The zero-order valence-electron chi connectivity index (χ0n) is 11.0. The highest BCUT2D eigenvalue weighted by Gasteiger charge is 2.60. The fourth-order valence-corrected chi connectivity index (χ4v) is 2.11. The van der Waals surface area contributed by atoms with Crippen LogP contribution in [0.1, 0.15) is 27.7 Å². The van der Waals surface area contributed by atoms with Gasteiger partial charge in [-0.1, -0.05) is 25.5 Å². The Bertz CT molecular complexity index is 357. The normalized spacial score (nSPS) is 24.5. The molecule has 0 aromatic heterocycles. The van der Waals surface area contributed by atoms with Gasteiger partial charge >= 0.3 is 6.03 Å². The first kappa shape index (κ1) is 13.5. The summed E-state index contributed by atoms with van der Waals surface area (Å²) in [5.74, 6) is 0.0367. The molecule has 3 N–H and O–H groups in total. The molecule has 17 heavy (non-hydrogen) atoms. The minimum Gasteiger partial charge on any atom is -0.340 e. The van der Waals surface area contributed by atoms with Crippen LogP contribution < -0.4 is 16.2 Å². The van der Waals surface area contributed by atoms with Crippen molar-refractivity contribution < 1.29 is 9.59 Å². The first-order valence-corrected chi connectivity index (χ1v) is 5.73. The van der Waals surface area contributed by atoms with Crippen molar-refractivity contribution in [3.63, 3.8) is 0 Å². The lowest BCUT2D eigenvalue weighted by atomic mass is 10.1. The van der Waals surface area contributed by atoms with Crippen molar-refractivity contribution in [1.29, 1.82) is 0 Å². The van der Waals surface area contributed by atoms with Gasteiger partial charge in [0.25, 0.3) is 0 Å². The second-order valence-electron chi connectivity index (χ2n) is 5.26. The number of nitrogens with one attached hydrogen (secondary N) is 3. The van der Waals surface area contributed by atoms with E-state index < -0.39 is 6.03 Å². The molecule has 0 spiro atoms. The maximum atomic E-state index is 11.9. The van der Waals surface area contributed by atoms with Crippen LogP contribution in [0.5, 0.6) is 0 Å². The minimum absolute atomic E-state index is 0.0360. The predicted octanol–water partition coefficient (Wildman–Crippen LogP) is 1.18. The van der Waals surface area contributed by atoms with Crippen molar-refractivity contribution in [3.8, 4) is 0 Å². The molecule has 0 radical (unpaired) electrons. The van der Waals surface area contributed by atoms with Gasteiger partial charge < -0.3 is 5.32 Å². The van der Waals surface area contributed by atoms with E-state index in [9.17, 15) is 9.59 Å². The number of hydrogen-bond acceptors (Lipinski definition) is 2. The molecule has 0 aliphatic heterocycles. The molecule has 5 heteroatoms. The lowest BCUT2D eigenvalue weighted by Crippen LogP contribution is -2.46. The average Bonchev–Trinajstić information content (AvgIpc) is 2.75. The minimum atomic E-state index is -0.421. The first-order chi connectivity index (χ1) is 7.80. The Morgan fingerprint density at radius 2 is 1.76 bits per heavy atom. The van der Waals surface area contributed by atoms with Crippen LogP contribution in [-0.2, 0) is 4.79 Å². The highest BCUT2D eigenvalue weighted by Crippen LogP contribution is 2.59. The monoisotopic (exact) mass is 239 g/mol. The number of urea groups is 1. The van der Waals surface area contributed by atoms with Crippen LogP contribution in [0.3, 0.4) is 0 Å². The van der Waals surface area contributed by atoms with Crippen LogP contribution in [0.2, 0.25) is 0 Å². The van der Waals surface area contributed by atoms with Crippen LogP contribution in [-0.4, -0.2) is 19.0 Å². The van der Waals surface area contributed by atoms with Gasteiger partial charge in [-0.3, -0.25) is 10.2 Å². The molecule has 5 nitrogen and oxygen atoms in total. The van der Waals surface area contributed by atoms with Crippen LogP contribution in [0.4, 0.5) is 4.79 Å². The first-order valence-electron chi connectivity index (χ1n) is 5.73. The van der Waals surface area contributed by atoms with Gasteiger partial charge in [-0.15, -0.1) is 0 Å². The smallest absolute Gasteiger partial charge is 0.333 e. The Morgan fingerprint density at radius 1 is 1.18 bits per heavy atom. The molecular weight excluding hydrogens is 218 g/mol. The summed E-state index contributed by atoms with van der Waals surface area (Å²) in [6.45, 7) is 8.15. The summed E-state index contributed by atoms with van der Waals surface area (Å²) in [5, 5.41) is 2.37. The van der Waals surface area contributed by atoms with Gasteiger partial charge in [-0.25, -0.2) is 10.2 Å². The highest BCUT2D eigenvalue weighted by atomic mass is 16.2. The van der Waals surface area contributed by atoms with Gasteiger partial charge in [-0.05, 0) is 25.2 Å². The molecule has 3 amide bonds. The zero-order valence-corrected chi connectivity index (χ0v) is 11.0. The second-order valence-corrected chi connectivity index (χ2v) is 5.26. The summed E-state index contributed by atoms with van der Waals surface area (Å²) in [6.07, 6.45) is 2.12. The molecular formula is C12H21N3O2. The SMILES string of the molecule is CNC(=O)NNC(=O)[C@@H]1[C@H](C=C(C)C)C1(C)C.